The van der Waals surface area contributed by atoms with Crippen LogP contribution in [0.5, 0.6) is 0 Å². The number of hydrogen-bond donors (Lipinski definition) is 9. The minimum atomic E-state index is -3.85. The molecule has 0 bridgehead atoms. The van der Waals surface area contributed by atoms with E-state index in [0.717, 1.165) is 0 Å². The molecular weight excluding hydrogens is 466 g/mol. The first-order chi connectivity index (χ1) is 15.7. The van der Waals surface area contributed by atoms with Gasteiger partial charge in [0.05, 0.1) is 25.3 Å². The number of carbonyl (C=O) groups excluding carboxylic acids is 2. The Kier molecular flexibility index (Phi) is 11.6. The normalized spacial score (nSPS) is 27.0. The lowest BCUT2D eigenvalue weighted by atomic mass is 9.91. The van der Waals surface area contributed by atoms with Crippen molar-refractivity contribution >= 4 is 17.8 Å². The van der Waals surface area contributed by atoms with Gasteiger partial charge in [-0.1, -0.05) is 6.42 Å². The molecular formula is C19H34F2N4O9. The second-order valence-electron chi connectivity index (χ2n) is 8.21. The van der Waals surface area contributed by atoms with E-state index in [1.54, 1.807) is 0 Å². The van der Waals surface area contributed by atoms with Gasteiger partial charge in [-0.2, -0.15) is 8.78 Å². The van der Waals surface area contributed by atoms with Gasteiger partial charge in [0.25, 0.3) is 0 Å². The van der Waals surface area contributed by atoms with Crippen molar-refractivity contribution in [3.05, 3.63) is 0 Å². The second kappa shape index (κ2) is 13.2. The highest BCUT2D eigenvalue weighted by molar-refractivity contribution is 5.90. The topological polar surface area (TPSA) is 224 Å². The van der Waals surface area contributed by atoms with E-state index in [-0.39, 0.29) is 13.0 Å². The van der Waals surface area contributed by atoms with Crippen molar-refractivity contribution in [1.29, 1.82) is 0 Å². The first kappa shape index (κ1) is 30.0. The number of unbranched alkanes of at least 4 members (excludes halogenated alkanes) is 1. The van der Waals surface area contributed by atoms with Crippen molar-refractivity contribution in [1.82, 2.24) is 16.0 Å². The van der Waals surface area contributed by atoms with Gasteiger partial charge in [0.15, 0.2) is 0 Å². The largest absolute Gasteiger partial charge is 0.480 e. The van der Waals surface area contributed by atoms with Crippen LogP contribution in [0.2, 0.25) is 0 Å². The smallest absolute Gasteiger partial charge is 0.322 e. The van der Waals surface area contributed by atoms with Gasteiger partial charge in [-0.05, 0) is 26.3 Å². The van der Waals surface area contributed by atoms with Gasteiger partial charge in [0, 0.05) is 6.42 Å². The van der Waals surface area contributed by atoms with Crippen molar-refractivity contribution in [2.75, 3.05) is 26.2 Å². The third kappa shape index (κ3) is 8.65. The Bertz CT molecular complexity index is 703. The minimum absolute atomic E-state index is 0.0720. The van der Waals surface area contributed by atoms with Crippen molar-refractivity contribution in [2.24, 2.45) is 5.73 Å². The van der Waals surface area contributed by atoms with Crippen LogP contribution in [0, 0.1) is 0 Å². The lowest BCUT2D eigenvalue weighted by Crippen LogP contribution is -2.65. The predicted molar refractivity (Wildman–Crippen MR) is 111 cm³/mol. The minimum Gasteiger partial charge on any atom is -0.480 e. The molecule has 15 heteroatoms. The monoisotopic (exact) mass is 500 g/mol. The number of carboxylic acids is 1. The SMILES string of the molecule is CC(NC(=O)C(N)CCCCNCC(F)(F)C1(O)CC(O)C(O)C(CO)O1)C(=O)NCC(=O)O. The molecule has 34 heavy (non-hydrogen) atoms. The first-order valence-corrected chi connectivity index (χ1v) is 10.7. The molecule has 0 aromatic carbocycles. The molecule has 198 valence electrons. The van der Waals surface area contributed by atoms with E-state index >= 15 is 0 Å². The molecule has 2 amide bonds. The number of aliphatic hydroxyl groups excluding tert-OH is 3. The fraction of sp³-hybridized carbons (Fsp3) is 0.842. The standard InChI is InChI=1S/C19H34F2N4O9/c1-10(16(31)24-7-14(28)29)25-17(32)11(22)4-2-3-5-23-9-18(20,21)19(33)6-12(27)15(30)13(8-26)34-19/h10-13,15,23,26-27,30,33H,2-9,22H2,1H3,(H,24,31)(H,25,32)(H,28,29). The van der Waals surface area contributed by atoms with E-state index in [9.17, 15) is 38.5 Å². The average Bonchev–Trinajstić information content (AvgIpc) is 2.76. The fourth-order valence-corrected chi connectivity index (χ4v) is 3.23. The van der Waals surface area contributed by atoms with Gasteiger partial charge in [-0.25, -0.2) is 0 Å². The van der Waals surface area contributed by atoms with Crippen LogP contribution in [0.25, 0.3) is 0 Å². The number of halogens is 2. The summed E-state index contributed by atoms with van der Waals surface area (Å²) in [6, 6.07) is -1.98. The Morgan fingerprint density at radius 2 is 1.88 bits per heavy atom. The van der Waals surface area contributed by atoms with Crippen molar-refractivity contribution in [2.45, 2.75) is 74.7 Å². The summed E-state index contributed by atoms with van der Waals surface area (Å²) in [7, 11) is 0. The lowest BCUT2D eigenvalue weighted by Gasteiger charge is -2.45. The van der Waals surface area contributed by atoms with Crippen LogP contribution in [0.4, 0.5) is 8.78 Å². The van der Waals surface area contributed by atoms with Gasteiger partial charge in [0.1, 0.15) is 24.8 Å². The summed E-state index contributed by atoms with van der Waals surface area (Å²) < 4.78 is 33.7. The molecule has 13 nitrogen and oxygen atoms in total. The maximum atomic E-state index is 14.5. The molecule has 6 unspecified atom stereocenters. The summed E-state index contributed by atoms with van der Waals surface area (Å²) in [6.07, 6.45) is -4.95. The number of carboxylic acid groups (broad SMARTS) is 1. The van der Waals surface area contributed by atoms with E-state index in [2.05, 4.69) is 16.0 Å². The summed E-state index contributed by atoms with van der Waals surface area (Å²) in [5.41, 5.74) is 5.74. The van der Waals surface area contributed by atoms with Gasteiger partial charge >= 0.3 is 11.9 Å². The number of carbonyl (C=O) groups is 3. The average molecular weight is 500 g/mol. The summed E-state index contributed by atoms with van der Waals surface area (Å²) in [5, 5.41) is 54.0. The summed E-state index contributed by atoms with van der Waals surface area (Å²) in [5.74, 6) is -9.49. The van der Waals surface area contributed by atoms with Gasteiger partial charge < -0.3 is 52.0 Å². The number of nitrogens with one attached hydrogen (secondary N) is 3. The van der Waals surface area contributed by atoms with Crippen LogP contribution in [0.1, 0.15) is 32.6 Å². The molecule has 1 aliphatic rings. The number of nitrogens with two attached hydrogens (primary N) is 1. The first-order valence-electron chi connectivity index (χ1n) is 10.7. The Balaban J connectivity index is 2.35. The molecule has 0 saturated carbocycles. The Labute approximate surface area is 194 Å². The zero-order valence-corrected chi connectivity index (χ0v) is 18.7. The summed E-state index contributed by atoms with van der Waals surface area (Å²) in [4.78, 5) is 34.1. The molecule has 1 aliphatic heterocycles. The number of aliphatic hydroxyl groups is 4. The Morgan fingerprint density at radius 3 is 2.47 bits per heavy atom. The molecule has 0 aromatic rings. The molecule has 10 N–H and O–H groups in total. The third-order valence-electron chi connectivity index (χ3n) is 5.33. The maximum Gasteiger partial charge on any atom is 0.322 e. The van der Waals surface area contributed by atoms with Gasteiger partial charge in [-0.15, -0.1) is 0 Å². The van der Waals surface area contributed by atoms with Crippen molar-refractivity contribution in [3.63, 3.8) is 0 Å². The molecule has 1 rings (SSSR count). The predicted octanol–water partition coefficient (Wildman–Crippen LogP) is -3.39. The Morgan fingerprint density at radius 1 is 1.24 bits per heavy atom. The zero-order chi connectivity index (χ0) is 26.1. The highest BCUT2D eigenvalue weighted by atomic mass is 19.3. The third-order valence-corrected chi connectivity index (χ3v) is 5.33. The van der Waals surface area contributed by atoms with E-state index in [0.29, 0.717) is 12.8 Å². The molecule has 1 heterocycles. The highest BCUT2D eigenvalue weighted by Gasteiger charge is 2.59. The quantitative estimate of drug-likeness (QED) is 0.107. The van der Waals surface area contributed by atoms with Crippen LogP contribution in [-0.4, -0.2) is 112 Å². The second-order valence-corrected chi connectivity index (χ2v) is 8.21. The van der Waals surface area contributed by atoms with Crippen LogP contribution in [0.3, 0.4) is 0 Å². The van der Waals surface area contributed by atoms with E-state index in [4.69, 9.17) is 20.7 Å². The molecule has 0 radical (unpaired) electrons. The molecule has 0 spiro atoms. The fourth-order valence-electron chi connectivity index (χ4n) is 3.23. The molecule has 1 saturated heterocycles. The van der Waals surface area contributed by atoms with E-state index in [1.807, 2.05) is 0 Å². The van der Waals surface area contributed by atoms with Gasteiger partial charge in [-0.3, -0.25) is 14.4 Å². The van der Waals surface area contributed by atoms with Gasteiger partial charge in [0.2, 0.25) is 17.6 Å². The lowest BCUT2D eigenvalue weighted by molar-refractivity contribution is -0.375. The number of hydrogen-bond acceptors (Lipinski definition) is 10. The highest BCUT2D eigenvalue weighted by Crippen LogP contribution is 2.39. The number of rotatable bonds is 14. The molecule has 1 fully saturated rings. The van der Waals surface area contributed by atoms with E-state index < -0.39 is 86.0 Å². The Hall–Kier alpha value is -2.01. The summed E-state index contributed by atoms with van der Waals surface area (Å²) in [6.45, 7) is -1.05. The number of aliphatic carboxylic acids is 1. The maximum absolute atomic E-state index is 14.5. The van der Waals surface area contributed by atoms with Crippen LogP contribution < -0.4 is 21.7 Å². The summed E-state index contributed by atoms with van der Waals surface area (Å²) >= 11 is 0. The van der Waals surface area contributed by atoms with Crippen molar-refractivity contribution < 1.29 is 53.4 Å². The zero-order valence-electron chi connectivity index (χ0n) is 18.7. The molecule has 0 aromatic heterocycles. The number of alkyl halides is 2. The van der Waals surface area contributed by atoms with Crippen LogP contribution in [0.15, 0.2) is 0 Å². The molecule has 6 atom stereocenters. The van der Waals surface area contributed by atoms with Crippen molar-refractivity contribution in [3.8, 4) is 0 Å². The van der Waals surface area contributed by atoms with Crippen LogP contribution in [-0.2, 0) is 19.1 Å². The molecule has 0 aliphatic carbocycles. The number of ether oxygens (including phenoxy) is 1. The van der Waals surface area contributed by atoms with E-state index in [1.165, 1.54) is 6.92 Å². The number of amides is 2. The van der Waals surface area contributed by atoms with Crippen LogP contribution >= 0.6 is 0 Å².